The molecule has 0 aliphatic heterocycles. The van der Waals surface area contributed by atoms with Crippen LogP contribution in [0.3, 0.4) is 0 Å². The van der Waals surface area contributed by atoms with Crippen molar-refractivity contribution in [3.63, 3.8) is 0 Å². The minimum Gasteiger partial charge on any atom is -0.409 e. The minimum atomic E-state index is -2.95. The Morgan fingerprint density at radius 2 is 0.963 bits per heavy atom. The van der Waals surface area contributed by atoms with Gasteiger partial charge < -0.3 is 27.2 Å². The molecule has 6 nitrogen and oxygen atoms in total. The van der Waals surface area contributed by atoms with Gasteiger partial charge in [0, 0.05) is 7.11 Å². The van der Waals surface area contributed by atoms with Crippen LogP contribution in [0.2, 0.25) is 59.4 Å². The van der Waals surface area contributed by atoms with E-state index in [-0.39, 0.29) is 33.0 Å². The van der Waals surface area contributed by atoms with Crippen molar-refractivity contribution >= 4 is 43.6 Å². The molecule has 4 atom stereocenters. The number of rotatable bonds is 18. The molecule has 10 heteroatoms. The fourth-order valence-electron chi connectivity index (χ4n) is 6.04. The molecule has 0 fully saturated rings. The smallest absolute Gasteiger partial charge is 0.261 e. The van der Waals surface area contributed by atoms with E-state index in [1.165, 1.54) is 10.4 Å². The molecule has 0 aliphatic rings. The molecule has 0 amide bonds. The second kappa shape index (κ2) is 18.6. The summed E-state index contributed by atoms with van der Waals surface area (Å²) in [6, 6.07) is 21.7. The van der Waals surface area contributed by atoms with Crippen LogP contribution in [0.25, 0.3) is 0 Å². The highest BCUT2D eigenvalue weighted by atomic mass is 28.4. The van der Waals surface area contributed by atoms with Crippen molar-refractivity contribution in [2.75, 3.05) is 20.5 Å². The first kappa shape index (κ1) is 49.0. The lowest BCUT2D eigenvalue weighted by Crippen LogP contribution is -2.68. The van der Waals surface area contributed by atoms with Crippen LogP contribution in [0.1, 0.15) is 90.0 Å². The molecule has 308 valence electrons. The number of hydrogen-bond acceptors (Lipinski definition) is 6. The fraction of sp³-hybridized carbons (Fsp3) is 0.682. The van der Waals surface area contributed by atoms with Gasteiger partial charge in [-0.15, -0.1) is 0 Å². The van der Waals surface area contributed by atoms with E-state index in [0.29, 0.717) is 6.61 Å². The van der Waals surface area contributed by atoms with Gasteiger partial charge in [-0.25, -0.2) is 0 Å². The minimum absolute atomic E-state index is 0.0132. The molecule has 2 rings (SSSR count). The maximum absolute atomic E-state index is 7.71. The molecule has 0 saturated heterocycles. The Labute approximate surface area is 336 Å². The van der Waals surface area contributed by atoms with E-state index < -0.39 is 51.6 Å². The van der Waals surface area contributed by atoms with Gasteiger partial charge in [0.2, 0.25) is 0 Å². The van der Waals surface area contributed by atoms with Gasteiger partial charge in [-0.3, -0.25) is 0 Å². The Morgan fingerprint density at radius 1 is 0.556 bits per heavy atom. The van der Waals surface area contributed by atoms with Crippen molar-refractivity contribution in [3.05, 3.63) is 72.8 Å². The summed E-state index contributed by atoms with van der Waals surface area (Å²) in [6.07, 6.45) is 2.32. The van der Waals surface area contributed by atoms with Crippen molar-refractivity contribution in [2.24, 2.45) is 0 Å². The molecule has 0 aliphatic carbocycles. The second-order valence-electron chi connectivity index (χ2n) is 20.6. The van der Waals surface area contributed by atoms with Gasteiger partial charge in [-0.2, -0.15) is 0 Å². The molecule has 0 radical (unpaired) electrons. The van der Waals surface area contributed by atoms with Crippen LogP contribution in [0.5, 0.6) is 0 Å². The largest absolute Gasteiger partial charge is 0.409 e. The van der Waals surface area contributed by atoms with Crippen molar-refractivity contribution < 1.29 is 27.2 Å². The van der Waals surface area contributed by atoms with Gasteiger partial charge in [0.15, 0.2) is 25.0 Å². The van der Waals surface area contributed by atoms with E-state index in [4.69, 9.17) is 27.2 Å². The first-order valence-electron chi connectivity index (χ1n) is 20.0. The summed E-state index contributed by atoms with van der Waals surface area (Å²) in [5.41, 5.74) is 0. The van der Waals surface area contributed by atoms with Crippen LogP contribution < -0.4 is 10.4 Å². The molecule has 0 spiro atoms. The van der Waals surface area contributed by atoms with Gasteiger partial charge in [0.1, 0.15) is 19.0 Å². The summed E-state index contributed by atoms with van der Waals surface area (Å²) in [6.45, 7) is 43.9. The van der Waals surface area contributed by atoms with E-state index in [1.54, 1.807) is 7.11 Å². The number of methoxy groups -OCH3 is 1. The van der Waals surface area contributed by atoms with Gasteiger partial charge in [-0.05, 0) is 76.7 Å². The van der Waals surface area contributed by atoms with Crippen molar-refractivity contribution in [3.8, 4) is 0 Å². The Morgan fingerprint density at radius 3 is 1.33 bits per heavy atom. The molecule has 0 aromatic heterocycles. The van der Waals surface area contributed by atoms with Crippen LogP contribution in [-0.2, 0) is 27.2 Å². The van der Waals surface area contributed by atoms with Crippen LogP contribution in [-0.4, -0.2) is 78.2 Å². The molecule has 0 bridgehead atoms. The summed E-state index contributed by atoms with van der Waals surface area (Å²) < 4.78 is 42.9. The van der Waals surface area contributed by atoms with Gasteiger partial charge in [-0.1, -0.05) is 156 Å². The predicted molar refractivity (Wildman–Crippen MR) is 241 cm³/mol. The summed E-state index contributed by atoms with van der Waals surface area (Å²) in [4.78, 5) is 0. The summed E-state index contributed by atoms with van der Waals surface area (Å²) in [7, 11) is -8.40. The van der Waals surface area contributed by atoms with Gasteiger partial charge in [0.25, 0.3) is 8.32 Å². The predicted octanol–water partition coefficient (Wildman–Crippen LogP) is 11.3. The SMILES string of the molecule is C/C=C/[C@@H](O[Si](C)(C)C(C)(C)C)[C@H](O[Si](C)(C)C(C)(C)C)[C@H](OCOC)[C@@H](CO[Si](c1ccccc1)(c1ccccc1)C(C)(C)C)O[Si](C)(C)C(C)(C)C. The molecule has 0 N–H and O–H groups in total. The van der Waals surface area contributed by atoms with Crippen LogP contribution in [0, 0.1) is 0 Å². The first-order valence-corrected chi connectivity index (χ1v) is 30.6. The summed E-state index contributed by atoms with van der Waals surface area (Å²) in [5, 5.41) is 2.11. The Hall–Kier alpha value is -1.19. The standard InChI is InChI=1S/C44H80O6Si4/c1-21-28-37(48-51(15,16)41(2,3)4)40(50-53(19,20)43(8,9)10)39(46-34-45-14)38(49-52(17,18)42(5,6)7)33-47-54(44(11,12)13,35-29-24-22-25-30-35)36-31-26-23-27-32-36/h21-32,37-40H,33-34H2,1-20H3/b28-21+/t37-,38-,39-,40+/m1/s1. The van der Waals surface area contributed by atoms with E-state index >= 15 is 0 Å². The van der Waals surface area contributed by atoms with E-state index in [9.17, 15) is 0 Å². The number of allylic oxidation sites excluding steroid dienone is 1. The lowest BCUT2D eigenvalue weighted by atomic mass is 10.0. The zero-order chi connectivity index (χ0) is 41.6. The summed E-state index contributed by atoms with van der Waals surface area (Å²) >= 11 is 0. The van der Waals surface area contributed by atoms with Crippen LogP contribution in [0.4, 0.5) is 0 Å². The normalized spacial score (nSPS) is 16.7. The highest BCUT2D eigenvalue weighted by molar-refractivity contribution is 6.99. The topological polar surface area (TPSA) is 55.4 Å². The third-order valence-corrected chi connectivity index (χ3v) is 30.8. The van der Waals surface area contributed by atoms with E-state index in [1.807, 2.05) is 0 Å². The van der Waals surface area contributed by atoms with Gasteiger partial charge in [0.05, 0.1) is 18.8 Å². The molecule has 0 saturated carbocycles. The molecular weight excluding hydrogens is 737 g/mol. The Balaban J connectivity index is 3.03. The zero-order valence-electron chi connectivity index (χ0n) is 38.1. The number of benzene rings is 2. The third kappa shape index (κ3) is 11.9. The number of hydrogen-bond donors (Lipinski definition) is 0. The zero-order valence-corrected chi connectivity index (χ0v) is 42.1. The lowest BCUT2D eigenvalue weighted by Gasteiger charge is -2.49. The molecule has 0 heterocycles. The molecule has 2 aromatic carbocycles. The summed E-state index contributed by atoms with van der Waals surface area (Å²) in [5.74, 6) is 0. The van der Waals surface area contributed by atoms with Crippen LogP contribution in [0.15, 0.2) is 72.8 Å². The average Bonchev–Trinajstić information content (AvgIpc) is 3.02. The van der Waals surface area contributed by atoms with E-state index in [0.717, 1.165) is 0 Å². The number of ether oxygens (including phenoxy) is 2. The highest BCUT2D eigenvalue weighted by Crippen LogP contribution is 2.44. The van der Waals surface area contributed by atoms with Crippen molar-refractivity contribution in [2.45, 2.75) is 174 Å². The van der Waals surface area contributed by atoms with Gasteiger partial charge >= 0.3 is 0 Å². The molecule has 2 aromatic rings. The third-order valence-electron chi connectivity index (χ3n) is 12.4. The Bertz CT molecular complexity index is 1390. The molecule has 54 heavy (non-hydrogen) atoms. The van der Waals surface area contributed by atoms with Crippen molar-refractivity contribution in [1.82, 2.24) is 0 Å². The Kier molecular flexibility index (Phi) is 16.9. The fourth-order valence-corrected chi connectivity index (χ4v) is 14.5. The lowest BCUT2D eigenvalue weighted by molar-refractivity contribution is -0.163. The van der Waals surface area contributed by atoms with E-state index in [2.05, 4.69) is 202 Å². The average molecular weight is 817 g/mol. The monoisotopic (exact) mass is 817 g/mol. The molecular formula is C44H80O6Si4. The quantitative estimate of drug-likeness (QED) is 0.0849. The van der Waals surface area contributed by atoms with Crippen LogP contribution >= 0.6 is 0 Å². The maximum atomic E-state index is 7.71. The second-order valence-corrected chi connectivity index (χ2v) is 39.2. The first-order chi connectivity index (χ1) is 24.5. The highest BCUT2D eigenvalue weighted by Gasteiger charge is 2.54. The maximum Gasteiger partial charge on any atom is 0.261 e. The van der Waals surface area contributed by atoms with Crippen molar-refractivity contribution in [1.29, 1.82) is 0 Å². The molecule has 0 unspecified atom stereocenters.